The summed E-state index contributed by atoms with van der Waals surface area (Å²) in [6, 6.07) is 0. The van der Waals surface area contributed by atoms with Gasteiger partial charge in [0.15, 0.2) is 12.2 Å². The molecule has 0 radical (unpaired) electrons. The molecule has 0 unspecified atom stereocenters. The van der Waals surface area contributed by atoms with Gasteiger partial charge in [-0.2, -0.15) is 0 Å². The molecule has 0 bridgehead atoms. The zero-order valence-corrected chi connectivity index (χ0v) is 19.5. The number of unbranched alkanes of at least 4 members (excludes halogenated alkanes) is 14. The summed E-state index contributed by atoms with van der Waals surface area (Å²) in [5, 5.41) is 8.71. The van der Waals surface area contributed by atoms with Crippen molar-refractivity contribution >= 4 is 17.9 Å². The van der Waals surface area contributed by atoms with Gasteiger partial charge in [0.2, 0.25) is 0 Å². The van der Waals surface area contributed by atoms with Gasteiger partial charge in [0.05, 0.1) is 0 Å². The third-order valence-corrected chi connectivity index (χ3v) is 5.27. The van der Waals surface area contributed by atoms with Crippen LogP contribution in [0.4, 0.5) is 0 Å². The van der Waals surface area contributed by atoms with E-state index in [2.05, 4.69) is 11.7 Å². The summed E-state index contributed by atoms with van der Waals surface area (Å²) >= 11 is 0. The minimum atomic E-state index is -1.26. The van der Waals surface area contributed by atoms with Gasteiger partial charge in [-0.3, -0.25) is 4.79 Å². The number of ether oxygens (including phenoxy) is 2. The molecule has 0 aliphatic heterocycles. The van der Waals surface area contributed by atoms with Crippen LogP contribution in [0.5, 0.6) is 0 Å². The molecule has 0 aromatic heterocycles. The van der Waals surface area contributed by atoms with E-state index in [0.717, 1.165) is 19.3 Å². The fourth-order valence-electron chi connectivity index (χ4n) is 3.27. The fraction of sp³-hybridized carbons (Fsp3) is 0.875. The van der Waals surface area contributed by atoms with E-state index in [4.69, 9.17) is 9.84 Å². The molecule has 0 aliphatic carbocycles. The number of carboxylic acid groups (broad SMARTS) is 1. The summed E-state index contributed by atoms with van der Waals surface area (Å²) in [5.41, 5.74) is 0. The largest absolute Gasteiger partial charge is 0.479 e. The number of carbonyl (C=O) groups is 3. The summed E-state index contributed by atoms with van der Waals surface area (Å²) < 4.78 is 9.70. The molecule has 0 aromatic rings. The average molecular weight is 429 g/mol. The molecule has 30 heavy (non-hydrogen) atoms. The smallest absolute Gasteiger partial charge is 0.347 e. The van der Waals surface area contributed by atoms with Crippen LogP contribution in [0, 0.1) is 0 Å². The first-order valence-corrected chi connectivity index (χ1v) is 12.0. The Kier molecular flexibility index (Phi) is 18.4. The first-order chi connectivity index (χ1) is 14.4. The molecular formula is C24H44O6. The Morgan fingerprint density at radius 3 is 1.43 bits per heavy atom. The zero-order chi connectivity index (χ0) is 22.6. The summed E-state index contributed by atoms with van der Waals surface area (Å²) in [5.74, 6) is -2.52. The topological polar surface area (TPSA) is 89.9 Å². The summed E-state index contributed by atoms with van der Waals surface area (Å²) in [7, 11) is 0. The maximum Gasteiger partial charge on any atom is 0.347 e. The average Bonchev–Trinajstić information content (AvgIpc) is 2.70. The van der Waals surface area contributed by atoms with E-state index in [1.54, 1.807) is 0 Å². The Morgan fingerprint density at radius 2 is 1.03 bits per heavy atom. The molecule has 0 saturated heterocycles. The highest BCUT2D eigenvalue weighted by atomic mass is 16.6. The van der Waals surface area contributed by atoms with Crippen LogP contribution >= 0.6 is 0 Å². The van der Waals surface area contributed by atoms with E-state index in [9.17, 15) is 14.4 Å². The number of hydrogen-bond donors (Lipinski definition) is 1. The first-order valence-electron chi connectivity index (χ1n) is 12.0. The number of carboxylic acids is 1. The Hall–Kier alpha value is -1.59. The highest BCUT2D eigenvalue weighted by Gasteiger charge is 2.23. The molecular weight excluding hydrogens is 384 g/mol. The number of hydrogen-bond acceptors (Lipinski definition) is 5. The van der Waals surface area contributed by atoms with Crippen LogP contribution in [0.2, 0.25) is 0 Å². The highest BCUT2D eigenvalue weighted by molar-refractivity contribution is 5.82. The van der Waals surface area contributed by atoms with Crippen molar-refractivity contribution in [2.45, 2.75) is 136 Å². The van der Waals surface area contributed by atoms with Crippen molar-refractivity contribution in [3.05, 3.63) is 0 Å². The second-order valence-electron chi connectivity index (χ2n) is 8.25. The maximum absolute atomic E-state index is 11.8. The summed E-state index contributed by atoms with van der Waals surface area (Å²) in [4.78, 5) is 34.1. The Balaban J connectivity index is 3.46. The molecule has 0 fully saturated rings. The van der Waals surface area contributed by atoms with Crippen molar-refractivity contribution in [2.75, 3.05) is 0 Å². The molecule has 6 heteroatoms. The quantitative estimate of drug-likeness (QED) is 0.183. The van der Waals surface area contributed by atoms with Gasteiger partial charge in [0.1, 0.15) is 0 Å². The van der Waals surface area contributed by atoms with Crippen LogP contribution in [0.25, 0.3) is 0 Å². The van der Waals surface area contributed by atoms with E-state index in [1.807, 2.05) is 0 Å². The fourth-order valence-corrected chi connectivity index (χ4v) is 3.27. The number of rotatable bonds is 20. The van der Waals surface area contributed by atoms with E-state index in [-0.39, 0.29) is 6.42 Å². The second-order valence-corrected chi connectivity index (χ2v) is 8.25. The number of carbonyl (C=O) groups excluding carboxylic acids is 2. The molecule has 0 aliphatic rings. The lowest BCUT2D eigenvalue weighted by Gasteiger charge is -2.14. The standard InChI is InChI=1S/C24H44O6/c1-4-5-6-7-8-9-10-11-12-13-14-15-16-17-18-19-22(25)29-21(3)24(28)30-20(2)23(26)27/h20-21H,4-19H2,1-3H3,(H,26,27)/t20-,21-/m1/s1. The van der Waals surface area contributed by atoms with Crippen LogP contribution in [-0.4, -0.2) is 35.2 Å². The van der Waals surface area contributed by atoms with Crippen molar-refractivity contribution in [1.82, 2.24) is 0 Å². The van der Waals surface area contributed by atoms with Crippen LogP contribution in [0.15, 0.2) is 0 Å². The predicted octanol–water partition coefficient (Wildman–Crippen LogP) is 6.20. The summed E-state index contributed by atoms with van der Waals surface area (Å²) in [6.07, 6.45) is 16.8. The van der Waals surface area contributed by atoms with Crippen molar-refractivity contribution in [3.63, 3.8) is 0 Å². The third-order valence-electron chi connectivity index (χ3n) is 5.27. The molecule has 1 N–H and O–H groups in total. The number of esters is 2. The molecule has 0 aromatic carbocycles. The second kappa shape index (κ2) is 19.4. The van der Waals surface area contributed by atoms with Gasteiger partial charge in [0, 0.05) is 6.42 Å². The monoisotopic (exact) mass is 428 g/mol. The SMILES string of the molecule is CCCCCCCCCCCCCCCCCC(=O)O[C@H](C)C(=O)O[C@H](C)C(=O)O. The van der Waals surface area contributed by atoms with Crippen molar-refractivity contribution in [2.24, 2.45) is 0 Å². The zero-order valence-electron chi connectivity index (χ0n) is 19.5. The Bertz CT molecular complexity index is 463. The van der Waals surface area contributed by atoms with Crippen LogP contribution < -0.4 is 0 Å². The molecule has 176 valence electrons. The van der Waals surface area contributed by atoms with Crippen LogP contribution in [0.3, 0.4) is 0 Å². The molecule has 0 spiro atoms. The molecule has 0 heterocycles. The Labute approximate surface area is 183 Å². The Morgan fingerprint density at radius 1 is 0.633 bits per heavy atom. The first kappa shape index (κ1) is 28.4. The van der Waals surface area contributed by atoms with Crippen molar-refractivity contribution < 1.29 is 29.0 Å². The minimum Gasteiger partial charge on any atom is -0.479 e. The van der Waals surface area contributed by atoms with Crippen LogP contribution in [-0.2, 0) is 23.9 Å². The van der Waals surface area contributed by atoms with Gasteiger partial charge in [-0.05, 0) is 20.3 Å². The van der Waals surface area contributed by atoms with E-state index in [1.165, 1.54) is 90.9 Å². The van der Waals surface area contributed by atoms with Gasteiger partial charge in [-0.1, -0.05) is 96.8 Å². The lowest BCUT2D eigenvalue weighted by atomic mass is 10.0. The molecule has 0 amide bonds. The van der Waals surface area contributed by atoms with E-state index < -0.39 is 30.1 Å². The van der Waals surface area contributed by atoms with Gasteiger partial charge in [-0.25, -0.2) is 9.59 Å². The lowest BCUT2D eigenvalue weighted by Crippen LogP contribution is -2.32. The van der Waals surface area contributed by atoms with Gasteiger partial charge >= 0.3 is 17.9 Å². The maximum atomic E-state index is 11.8. The third kappa shape index (κ3) is 17.3. The van der Waals surface area contributed by atoms with Crippen molar-refractivity contribution in [3.8, 4) is 0 Å². The number of aliphatic carboxylic acids is 1. The molecule has 0 saturated carbocycles. The van der Waals surface area contributed by atoms with E-state index in [0.29, 0.717) is 0 Å². The minimum absolute atomic E-state index is 0.268. The molecule has 0 rings (SSSR count). The molecule has 2 atom stereocenters. The predicted molar refractivity (Wildman–Crippen MR) is 118 cm³/mol. The highest BCUT2D eigenvalue weighted by Crippen LogP contribution is 2.14. The van der Waals surface area contributed by atoms with Gasteiger partial charge < -0.3 is 14.6 Å². The normalized spacial score (nSPS) is 12.9. The molecule has 6 nitrogen and oxygen atoms in total. The van der Waals surface area contributed by atoms with E-state index >= 15 is 0 Å². The van der Waals surface area contributed by atoms with Crippen molar-refractivity contribution in [1.29, 1.82) is 0 Å². The van der Waals surface area contributed by atoms with Gasteiger partial charge in [0.25, 0.3) is 0 Å². The van der Waals surface area contributed by atoms with Crippen LogP contribution in [0.1, 0.15) is 124 Å². The van der Waals surface area contributed by atoms with Gasteiger partial charge in [-0.15, -0.1) is 0 Å². The summed E-state index contributed by atoms with van der Waals surface area (Å²) in [6.45, 7) is 4.90. The lowest BCUT2D eigenvalue weighted by molar-refractivity contribution is -0.174.